The van der Waals surface area contributed by atoms with Crippen LogP contribution in [0.3, 0.4) is 0 Å². The zero-order chi connectivity index (χ0) is 11.8. The molecular formula is C11H12BrN5. The minimum absolute atomic E-state index is 0.781. The van der Waals surface area contributed by atoms with Crippen molar-refractivity contribution >= 4 is 21.7 Å². The highest BCUT2D eigenvalue weighted by Gasteiger charge is 2.18. The fourth-order valence-electron chi connectivity index (χ4n) is 2.05. The molecule has 1 aliphatic heterocycles. The lowest BCUT2D eigenvalue weighted by molar-refractivity contribution is 0.555. The molecule has 0 saturated carbocycles. The lowest BCUT2D eigenvalue weighted by Gasteiger charge is -2.28. The molecule has 17 heavy (non-hydrogen) atoms. The number of anilines is 1. The van der Waals surface area contributed by atoms with E-state index in [-0.39, 0.29) is 0 Å². The number of imidazole rings is 1. The first kappa shape index (κ1) is 10.7. The highest BCUT2D eigenvalue weighted by atomic mass is 79.9. The molecule has 0 fully saturated rings. The van der Waals surface area contributed by atoms with Crippen LogP contribution in [-0.2, 0) is 13.1 Å². The van der Waals surface area contributed by atoms with Crippen LogP contribution in [0.2, 0.25) is 0 Å². The van der Waals surface area contributed by atoms with E-state index in [0.717, 1.165) is 41.7 Å². The second-order valence-electron chi connectivity index (χ2n) is 4.05. The van der Waals surface area contributed by atoms with E-state index in [1.165, 1.54) is 0 Å². The van der Waals surface area contributed by atoms with Crippen LogP contribution in [0.4, 0.5) is 5.82 Å². The summed E-state index contributed by atoms with van der Waals surface area (Å²) in [4.78, 5) is 15.3. The van der Waals surface area contributed by atoms with Gasteiger partial charge >= 0.3 is 0 Å². The average molecular weight is 294 g/mol. The van der Waals surface area contributed by atoms with Gasteiger partial charge in [-0.25, -0.2) is 15.0 Å². The van der Waals surface area contributed by atoms with Crippen molar-refractivity contribution < 1.29 is 0 Å². The molecule has 0 spiro atoms. The van der Waals surface area contributed by atoms with E-state index in [1.54, 1.807) is 0 Å². The molecule has 2 aromatic heterocycles. The van der Waals surface area contributed by atoms with Gasteiger partial charge in [0.05, 0.1) is 6.54 Å². The molecular weight excluding hydrogens is 282 g/mol. The van der Waals surface area contributed by atoms with Crippen molar-refractivity contribution in [3.63, 3.8) is 0 Å². The summed E-state index contributed by atoms with van der Waals surface area (Å²) in [6.45, 7) is 4.61. The Morgan fingerprint density at radius 1 is 1.29 bits per heavy atom. The Hall–Kier alpha value is -1.43. The van der Waals surface area contributed by atoms with Gasteiger partial charge in [0.25, 0.3) is 0 Å². The number of rotatable bonds is 1. The zero-order valence-corrected chi connectivity index (χ0v) is 11.1. The molecule has 1 aliphatic rings. The molecule has 0 saturated heterocycles. The van der Waals surface area contributed by atoms with E-state index in [2.05, 4.69) is 40.3 Å². The van der Waals surface area contributed by atoms with Crippen LogP contribution in [-0.4, -0.2) is 26.1 Å². The Morgan fingerprint density at radius 2 is 2.18 bits per heavy atom. The highest BCUT2D eigenvalue weighted by Crippen LogP contribution is 2.20. The van der Waals surface area contributed by atoms with Crippen LogP contribution in [0.1, 0.15) is 11.6 Å². The minimum atomic E-state index is 0.781. The van der Waals surface area contributed by atoms with E-state index < -0.39 is 0 Å². The lowest BCUT2D eigenvalue weighted by atomic mass is 10.3. The Kier molecular flexibility index (Phi) is 2.58. The predicted molar refractivity (Wildman–Crippen MR) is 67.7 cm³/mol. The molecule has 0 aliphatic carbocycles. The molecule has 0 N–H and O–H groups in total. The summed E-state index contributed by atoms with van der Waals surface area (Å²) in [5.41, 5.74) is 0. The van der Waals surface area contributed by atoms with Crippen LogP contribution in [0.5, 0.6) is 0 Å². The number of aromatic nitrogens is 4. The first-order chi connectivity index (χ1) is 8.22. The first-order valence-corrected chi connectivity index (χ1v) is 6.28. The monoisotopic (exact) mass is 293 g/mol. The molecule has 0 amide bonds. The molecule has 5 nitrogen and oxygen atoms in total. The van der Waals surface area contributed by atoms with Gasteiger partial charge in [-0.2, -0.15) is 0 Å². The molecule has 6 heteroatoms. The lowest BCUT2D eigenvalue weighted by Crippen LogP contribution is -2.34. The van der Waals surface area contributed by atoms with E-state index in [0.29, 0.717) is 0 Å². The van der Waals surface area contributed by atoms with Crippen molar-refractivity contribution in [1.82, 2.24) is 19.5 Å². The predicted octanol–water partition coefficient (Wildman–Crippen LogP) is 1.76. The Morgan fingerprint density at radius 3 is 3.00 bits per heavy atom. The van der Waals surface area contributed by atoms with Crippen molar-refractivity contribution in [3.8, 4) is 0 Å². The number of fused-ring (bicyclic) bond motifs is 1. The number of aryl methyl sites for hydroxylation is 1. The van der Waals surface area contributed by atoms with Crippen molar-refractivity contribution in [2.75, 3.05) is 11.4 Å². The van der Waals surface area contributed by atoms with Crippen molar-refractivity contribution in [2.45, 2.75) is 20.0 Å². The largest absolute Gasteiger partial charge is 0.347 e. The molecule has 0 aromatic carbocycles. The SMILES string of the molecule is Cc1nc(Br)cc(N2CCn3ccnc3C2)n1. The fourth-order valence-corrected chi connectivity index (χ4v) is 2.51. The van der Waals surface area contributed by atoms with Crippen LogP contribution < -0.4 is 4.90 Å². The molecule has 88 valence electrons. The maximum Gasteiger partial charge on any atom is 0.133 e. The maximum absolute atomic E-state index is 4.46. The van der Waals surface area contributed by atoms with Gasteiger partial charge in [0, 0.05) is 31.5 Å². The Bertz CT molecular complexity index is 530. The molecule has 0 unspecified atom stereocenters. The fraction of sp³-hybridized carbons (Fsp3) is 0.364. The standard InChI is InChI=1S/C11H12BrN5/c1-8-14-9(12)6-10(15-8)17-5-4-16-3-2-13-11(16)7-17/h2-3,6H,4-5,7H2,1H3. The van der Waals surface area contributed by atoms with E-state index in [4.69, 9.17) is 0 Å². The molecule has 2 aromatic rings. The van der Waals surface area contributed by atoms with Crippen LogP contribution in [0.25, 0.3) is 0 Å². The number of halogens is 1. The number of nitrogens with zero attached hydrogens (tertiary/aromatic N) is 5. The van der Waals surface area contributed by atoms with Gasteiger partial charge in [0.2, 0.25) is 0 Å². The van der Waals surface area contributed by atoms with E-state index >= 15 is 0 Å². The normalized spacial score (nSPS) is 14.8. The summed E-state index contributed by atoms with van der Waals surface area (Å²) in [7, 11) is 0. The van der Waals surface area contributed by atoms with Gasteiger partial charge < -0.3 is 9.47 Å². The quantitative estimate of drug-likeness (QED) is 0.752. The summed E-state index contributed by atoms with van der Waals surface area (Å²) in [6.07, 6.45) is 3.87. The molecule has 3 rings (SSSR count). The third kappa shape index (κ3) is 2.04. The Balaban J connectivity index is 1.91. The average Bonchev–Trinajstić information content (AvgIpc) is 2.74. The van der Waals surface area contributed by atoms with E-state index in [1.807, 2.05) is 25.4 Å². The van der Waals surface area contributed by atoms with Gasteiger partial charge in [-0.15, -0.1) is 0 Å². The van der Waals surface area contributed by atoms with Gasteiger partial charge in [-0.1, -0.05) is 0 Å². The van der Waals surface area contributed by atoms with Crippen LogP contribution in [0.15, 0.2) is 23.1 Å². The second kappa shape index (κ2) is 4.10. The maximum atomic E-state index is 4.46. The zero-order valence-electron chi connectivity index (χ0n) is 9.47. The van der Waals surface area contributed by atoms with Crippen molar-refractivity contribution in [3.05, 3.63) is 34.7 Å². The summed E-state index contributed by atoms with van der Waals surface area (Å²) >= 11 is 3.41. The second-order valence-corrected chi connectivity index (χ2v) is 4.87. The number of hydrogen-bond donors (Lipinski definition) is 0. The van der Waals surface area contributed by atoms with Crippen LogP contribution in [0, 0.1) is 6.92 Å². The van der Waals surface area contributed by atoms with Crippen LogP contribution >= 0.6 is 15.9 Å². The third-order valence-electron chi connectivity index (χ3n) is 2.86. The van der Waals surface area contributed by atoms with Gasteiger partial charge in [-0.05, 0) is 22.9 Å². The molecule has 3 heterocycles. The summed E-state index contributed by atoms with van der Waals surface area (Å²) < 4.78 is 3.01. The van der Waals surface area contributed by atoms with Crippen molar-refractivity contribution in [2.24, 2.45) is 0 Å². The van der Waals surface area contributed by atoms with Crippen molar-refractivity contribution in [1.29, 1.82) is 0 Å². The smallest absolute Gasteiger partial charge is 0.133 e. The van der Waals surface area contributed by atoms with E-state index in [9.17, 15) is 0 Å². The number of hydrogen-bond acceptors (Lipinski definition) is 4. The molecule has 0 bridgehead atoms. The molecule has 0 atom stereocenters. The summed E-state index contributed by atoms with van der Waals surface area (Å²) in [5, 5.41) is 0. The first-order valence-electron chi connectivity index (χ1n) is 5.48. The van der Waals surface area contributed by atoms with Gasteiger partial charge in [0.15, 0.2) is 0 Å². The van der Waals surface area contributed by atoms with Gasteiger partial charge in [-0.3, -0.25) is 0 Å². The minimum Gasteiger partial charge on any atom is -0.347 e. The summed E-state index contributed by atoms with van der Waals surface area (Å²) in [5.74, 6) is 2.82. The third-order valence-corrected chi connectivity index (χ3v) is 3.27. The molecule has 0 radical (unpaired) electrons. The Labute approximate surface area is 108 Å². The highest BCUT2D eigenvalue weighted by molar-refractivity contribution is 9.10. The summed E-state index contributed by atoms with van der Waals surface area (Å²) in [6, 6.07) is 1.95. The topological polar surface area (TPSA) is 46.8 Å². The van der Waals surface area contributed by atoms with Gasteiger partial charge in [0.1, 0.15) is 22.1 Å².